The quantitative estimate of drug-likeness (QED) is 0.412. The van der Waals surface area contributed by atoms with E-state index in [1.54, 1.807) is 0 Å². The number of fused-ring (bicyclic) bond motifs is 6. The Kier molecular flexibility index (Phi) is 5.72. The lowest BCUT2D eigenvalue weighted by atomic mass is 10.2. The Labute approximate surface area is 163 Å². The van der Waals surface area contributed by atoms with Crippen molar-refractivity contribution in [2.75, 3.05) is 0 Å². The molecule has 1 aliphatic rings. The molecule has 0 N–H and O–H groups in total. The molecular formula is C22H20N2S2. The molecule has 4 rings (SSSR count). The highest BCUT2D eigenvalue weighted by atomic mass is 32.2. The molecule has 0 unspecified atom stereocenters. The fourth-order valence-corrected chi connectivity index (χ4v) is 4.78. The zero-order chi connectivity index (χ0) is 17.6. The molecule has 0 amide bonds. The van der Waals surface area contributed by atoms with Gasteiger partial charge in [-0.25, -0.2) is 0 Å². The first kappa shape index (κ1) is 17.4. The Morgan fingerprint density at radius 1 is 0.500 bits per heavy atom. The Balaban J connectivity index is 1.63. The average molecular weight is 377 g/mol. The zero-order valence-corrected chi connectivity index (χ0v) is 16.1. The van der Waals surface area contributed by atoms with Crippen molar-refractivity contribution in [3.05, 3.63) is 95.1 Å². The smallest absolute Gasteiger partial charge is 0.0860 e. The van der Waals surface area contributed by atoms with Crippen LogP contribution in [-0.4, -0.2) is 0 Å². The predicted molar refractivity (Wildman–Crippen MR) is 114 cm³/mol. The lowest BCUT2D eigenvalue weighted by Crippen LogP contribution is -1.87. The van der Waals surface area contributed by atoms with E-state index in [0.29, 0.717) is 0 Å². The molecule has 0 saturated carbocycles. The number of hydrogen-bond donors (Lipinski definition) is 0. The fraction of sp³-hybridized carbons (Fsp3) is 0.182. The number of rotatable bonds is 0. The van der Waals surface area contributed by atoms with Gasteiger partial charge < -0.3 is 0 Å². The largest absolute Gasteiger partial charge is 0.152 e. The van der Waals surface area contributed by atoms with Crippen LogP contribution in [0.5, 0.6) is 0 Å². The van der Waals surface area contributed by atoms with Crippen molar-refractivity contribution in [2.24, 2.45) is 10.2 Å². The third-order valence-corrected chi connectivity index (χ3v) is 6.32. The average Bonchev–Trinajstić information content (AvgIpc) is 2.67. The molecule has 0 saturated heterocycles. The van der Waals surface area contributed by atoms with Crippen molar-refractivity contribution >= 4 is 34.9 Å². The molecule has 0 aromatic heterocycles. The Morgan fingerprint density at radius 2 is 0.885 bits per heavy atom. The normalized spacial score (nSPS) is 14.6. The summed E-state index contributed by atoms with van der Waals surface area (Å²) in [5.74, 6) is 4.03. The summed E-state index contributed by atoms with van der Waals surface area (Å²) in [5, 5.41) is 8.86. The molecule has 0 fully saturated rings. The molecule has 26 heavy (non-hydrogen) atoms. The summed E-state index contributed by atoms with van der Waals surface area (Å²) in [7, 11) is 0. The van der Waals surface area contributed by atoms with Gasteiger partial charge in [0.05, 0.1) is 11.4 Å². The van der Waals surface area contributed by atoms with Gasteiger partial charge in [-0.15, -0.1) is 0 Å². The molecule has 0 aliphatic carbocycles. The maximum absolute atomic E-state index is 4.43. The minimum atomic E-state index is 0.911. The molecule has 4 heteroatoms. The van der Waals surface area contributed by atoms with Crippen LogP contribution in [0, 0.1) is 0 Å². The molecule has 0 atom stereocenters. The summed E-state index contributed by atoms with van der Waals surface area (Å²) < 4.78 is 0. The third kappa shape index (κ3) is 4.77. The van der Waals surface area contributed by atoms with Crippen LogP contribution in [0.15, 0.2) is 83.0 Å². The van der Waals surface area contributed by atoms with Crippen molar-refractivity contribution in [3.8, 4) is 0 Å². The van der Waals surface area contributed by atoms with Crippen LogP contribution in [0.25, 0.3) is 0 Å². The first-order chi connectivity index (χ1) is 12.8. The molecule has 0 spiro atoms. The molecule has 130 valence electrons. The van der Waals surface area contributed by atoms with E-state index in [1.807, 2.05) is 35.7 Å². The van der Waals surface area contributed by atoms with Crippen LogP contribution in [-0.2, 0) is 23.0 Å². The van der Waals surface area contributed by atoms with E-state index in [0.717, 1.165) is 34.4 Å². The van der Waals surface area contributed by atoms with E-state index in [1.165, 1.54) is 22.3 Å². The summed E-state index contributed by atoms with van der Waals surface area (Å²) in [6.45, 7) is 0. The maximum atomic E-state index is 4.43. The maximum Gasteiger partial charge on any atom is 0.0860 e. The van der Waals surface area contributed by atoms with E-state index in [2.05, 4.69) is 70.9 Å². The minimum absolute atomic E-state index is 0.911. The van der Waals surface area contributed by atoms with Gasteiger partial charge in [0, 0.05) is 23.0 Å². The molecule has 0 radical (unpaired) electrons. The van der Waals surface area contributed by atoms with E-state index in [4.69, 9.17) is 0 Å². The summed E-state index contributed by atoms with van der Waals surface area (Å²) in [4.78, 5) is 0. The summed E-state index contributed by atoms with van der Waals surface area (Å²) in [5.41, 5.74) is 7.20. The van der Waals surface area contributed by atoms with Crippen LogP contribution in [0.2, 0.25) is 0 Å². The number of benzene rings is 3. The molecule has 3 aromatic rings. The second-order valence-electron chi connectivity index (χ2n) is 6.35. The second-order valence-corrected chi connectivity index (χ2v) is 8.32. The lowest BCUT2D eigenvalue weighted by Gasteiger charge is -2.06. The van der Waals surface area contributed by atoms with Crippen molar-refractivity contribution in [3.63, 3.8) is 0 Å². The molecule has 1 aliphatic heterocycles. The SMILES string of the molecule is c1cc2cc(c1)CSCc1cccc(c1)N=Nc1cccc(c1)CSC2. The van der Waals surface area contributed by atoms with Gasteiger partial charge in [-0.2, -0.15) is 33.8 Å². The van der Waals surface area contributed by atoms with Crippen LogP contribution in [0.3, 0.4) is 0 Å². The molecular weight excluding hydrogens is 356 g/mol. The van der Waals surface area contributed by atoms with Crippen molar-refractivity contribution in [1.29, 1.82) is 0 Å². The van der Waals surface area contributed by atoms with Gasteiger partial charge in [0.1, 0.15) is 0 Å². The highest BCUT2D eigenvalue weighted by Gasteiger charge is 2.02. The number of azo groups is 1. The highest BCUT2D eigenvalue weighted by Crippen LogP contribution is 2.26. The Hall–Kier alpha value is -2.04. The standard InChI is InChI=1S/C22H20N2S2/c1-4-17-10-18(5-1)14-26-16-20-7-3-9-22(12-20)24-23-21-8-2-6-19(11-21)15-25-13-17/h1-12H,13-16H2. The first-order valence-corrected chi connectivity index (χ1v) is 11.0. The van der Waals surface area contributed by atoms with E-state index >= 15 is 0 Å². The zero-order valence-electron chi connectivity index (χ0n) is 14.5. The van der Waals surface area contributed by atoms with E-state index < -0.39 is 0 Å². The van der Waals surface area contributed by atoms with Gasteiger partial charge in [0.15, 0.2) is 0 Å². The second kappa shape index (κ2) is 8.56. The van der Waals surface area contributed by atoms with Gasteiger partial charge in [0.25, 0.3) is 0 Å². The number of nitrogens with zero attached hydrogens (tertiary/aromatic N) is 2. The topological polar surface area (TPSA) is 24.7 Å². The van der Waals surface area contributed by atoms with Gasteiger partial charge in [0.2, 0.25) is 0 Å². The van der Waals surface area contributed by atoms with Crippen LogP contribution >= 0.6 is 23.5 Å². The van der Waals surface area contributed by atoms with Crippen LogP contribution < -0.4 is 0 Å². The van der Waals surface area contributed by atoms with Crippen molar-refractivity contribution < 1.29 is 0 Å². The van der Waals surface area contributed by atoms with E-state index in [9.17, 15) is 0 Å². The molecule has 2 nitrogen and oxygen atoms in total. The lowest BCUT2D eigenvalue weighted by molar-refractivity contribution is 1.21. The fourth-order valence-electron chi connectivity index (χ4n) is 2.92. The van der Waals surface area contributed by atoms with Crippen LogP contribution in [0.4, 0.5) is 11.4 Å². The monoisotopic (exact) mass is 376 g/mol. The van der Waals surface area contributed by atoms with Gasteiger partial charge >= 0.3 is 0 Å². The van der Waals surface area contributed by atoms with Crippen molar-refractivity contribution in [1.82, 2.24) is 0 Å². The minimum Gasteiger partial charge on any atom is -0.152 e. The molecule has 1 heterocycles. The first-order valence-electron chi connectivity index (χ1n) is 8.68. The van der Waals surface area contributed by atoms with Gasteiger partial charge in [-0.05, 0) is 46.5 Å². The molecule has 6 bridgehead atoms. The molecule has 3 aromatic carbocycles. The van der Waals surface area contributed by atoms with Gasteiger partial charge in [-0.1, -0.05) is 48.5 Å². The van der Waals surface area contributed by atoms with Crippen LogP contribution in [0.1, 0.15) is 22.3 Å². The number of hydrogen-bond acceptors (Lipinski definition) is 4. The summed E-state index contributed by atoms with van der Waals surface area (Å²) in [6.07, 6.45) is 0. The number of thioether (sulfide) groups is 2. The Bertz CT molecular complexity index is 851. The Morgan fingerprint density at radius 3 is 1.35 bits per heavy atom. The van der Waals surface area contributed by atoms with E-state index in [-0.39, 0.29) is 0 Å². The predicted octanol–water partition coefficient (Wildman–Crippen LogP) is 7.28. The van der Waals surface area contributed by atoms with Gasteiger partial charge in [-0.3, -0.25) is 0 Å². The van der Waals surface area contributed by atoms with Crippen molar-refractivity contribution in [2.45, 2.75) is 23.0 Å². The highest BCUT2D eigenvalue weighted by molar-refractivity contribution is 7.98. The summed E-state index contributed by atoms with van der Waals surface area (Å²) >= 11 is 3.88. The summed E-state index contributed by atoms with van der Waals surface area (Å²) in [6, 6.07) is 25.7. The third-order valence-electron chi connectivity index (χ3n) is 4.17.